The molecule has 0 aromatic carbocycles. The van der Waals surface area contributed by atoms with Crippen molar-refractivity contribution in [3.63, 3.8) is 0 Å². The molecule has 25 heavy (non-hydrogen) atoms. The second kappa shape index (κ2) is 7.42. The van der Waals surface area contributed by atoms with Crippen LogP contribution in [0, 0.1) is 0 Å². The van der Waals surface area contributed by atoms with Gasteiger partial charge in [0, 0.05) is 31.6 Å². The van der Waals surface area contributed by atoms with E-state index in [0.717, 1.165) is 41.2 Å². The van der Waals surface area contributed by atoms with Crippen LogP contribution in [0.5, 0.6) is 0 Å². The Kier molecular flexibility index (Phi) is 5.26. The average Bonchev–Trinajstić information content (AvgIpc) is 3.21. The van der Waals surface area contributed by atoms with Crippen LogP contribution in [0.3, 0.4) is 0 Å². The van der Waals surface area contributed by atoms with Gasteiger partial charge in [-0.05, 0) is 12.8 Å². The van der Waals surface area contributed by atoms with Crippen LogP contribution in [-0.2, 0) is 32.2 Å². The summed E-state index contributed by atoms with van der Waals surface area (Å²) in [6.07, 6.45) is 0.965. The van der Waals surface area contributed by atoms with Crippen LogP contribution >= 0.6 is 11.3 Å². The Labute approximate surface area is 147 Å². The van der Waals surface area contributed by atoms with Crippen LogP contribution in [0.2, 0.25) is 0 Å². The van der Waals surface area contributed by atoms with Crippen molar-refractivity contribution in [1.82, 2.24) is 25.2 Å². The first-order valence-electron chi connectivity index (χ1n) is 7.97. The van der Waals surface area contributed by atoms with Crippen LogP contribution in [0.25, 0.3) is 0 Å². The van der Waals surface area contributed by atoms with Gasteiger partial charge >= 0.3 is 6.18 Å². The van der Waals surface area contributed by atoms with Crippen LogP contribution in [0.1, 0.15) is 35.1 Å². The predicted molar refractivity (Wildman–Crippen MR) is 89.3 cm³/mol. The molecule has 10 heteroatoms. The van der Waals surface area contributed by atoms with E-state index in [9.17, 15) is 13.2 Å². The van der Waals surface area contributed by atoms with Crippen LogP contribution in [-0.4, -0.2) is 27.5 Å². The van der Waals surface area contributed by atoms with Gasteiger partial charge in [-0.15, -0.1) is 11.3 Å². The first kappa shape index (κ1) is 17.7. The lowest BCUT2D eigenvalue weighted by molar-refractivity contribution is -0.140. The van der Waals surface area contributed by atoms with Crippen LogP contribution < -0.4 is 10.6 Å². The third kappa shape index (κ3) is 4.50. The second-order valence-electron chi connectivity index (χ2n) is 5.70. The molecule has 0 spiro atoms. The molecule has 1 aliphatic rings. The standard InChI is InChI=1S/C15H19F3N6S/c1-19-14(21-7-13-23-11(9-25-13)15(16,17)18)20-6-10-8-24-5-3-2-4-12(24)22-10/h8-9H,2-7H2,1H3,(H2,19,20,21). The molecule has 0 bridgehead atoms. The molecule has 2 aromatic heterocycles. The summed E-state index contributed by atoms with van der Waals surface area (Å²) in [4.78, 5) is 12.2. The van der Waals surface area contributed by atoms with Crippen LogP contribution in [0.4, 0.5) is 13.2 Å². The van der Waals surface area contributed by atoms with Crippen molar-refractivity contribution in [3.8, 4) is 0 Å². The number of guanidine groups is 1. The summed E-state index contributed by atoms with van der Waals surface area (Å²) >= 11 is 0.969. The quantitative estimate of drug-likeness (QED) is 0.639. The third-order valence-electron chi connectivity index (χ3n) is 3.87. The molecule has 0 amide bonds. The number of alkyl halides is 3. The maximum Gasteiger partial charge on any atom is 0.434 e. The number of aliphatic imine (C=N–C) groups is 1. The number of hydrogen-bond donors (Lipinski definition) is 2. The number of imidazole rings is 1. The molecule has 0 saturated heterocycles. The van der Waals surface area contributed by atoms with E-state index in [1.807, 2.05) is 6.20 Å². The lowest BCUT2D eigenvalue weighted by Crippen LogP contribution is -2.36. The summed E-state index contributed by atoms with van der Waals surface area (Å²) in [5.41, 5.74) is 0.0642. The molecule has 0 unspecified atom stereocenters. The van der Waals surface area contributed by atoms with Gasteiger partial charge in [-0.3, -0.25) is 4.99 Å². The number of nitrogens with one attached hydrogen (secondary N) is 2. The first-order chi connectivity index (χ1) is 12.0. The monoisotopic (exact) mass is 372 g/mol. The molecule has 6 nitrogen and oxygen atoms in total. The molecule has 3 rings (SSSR count). The first-order valence-corrected chi connectivity index (χ1v) is 8.84. The number of rotatable bonds is 4. The fourth-order valence-corrected chi connectivity index (χ4v) is 3.37. The van der Waals surface area contributed by atoms with Crippen molar-refractivity contribution in [2.45, 2.75) is 45.1 Å². The summed E-state index contributed by atoms with van der Waals surface area (Å²) in [7, 11) is 1.61. The minimum atomic E-state index is -4.41. The Hall–Kier alpha value is -2.10. The average molecular weight is 372 g/mol. The molecule has 136 valence electrons. The maximum absolute atomic E-state index is 12.6. The van der Waals surface area contributed by atoms with Crippen molar-refractivity contribution in [3.05, 3.63) is 33.8 Å². The lowest BCUT2D eigenvalue weighted by Gasteiger charge is -2.11. The van der Waals surface area contributed by atoms with Gasteiger partial charge in [0.1, 0.15) is 10.8 Å². The van der Waals surface area contributed by atoms with Crippen molar-refractivity contribution in [1.29, 1.82) is 0 Å². The van der Waals surface area contributed by atoms with Gasteiger partial charge in [0.05, 0.1) is 18.8 Å². The van der Waals surface area contributed by atoms with Gasteiger partial charge in [-0.2, -0.15) is 13.2 Å². The highest BCUT2D eigenvalue weighted by Gasteiger charge is 2.33. The van der Waals surface area contributed by atoms with Gasteiger partial charge in [-0.1, -0.05) is 0 Å². The molecule has 0 fully saturated rings. The van der Waals surface area contributed by atoms with E-state index in [1.165, 1.54) is 12.8 Å². The van der Waals surface area contributed by atoms with Crippen molar-refractivity contribution in [2.24, 2.45) is 4.99 Å². The van der Waals surface area contributed by atoms with Crippen molar-refractivity contribution in [2.75, 3.05) is 7.05 Å². The van der Waals surface area contributed by atoms with Crippen molar-refractivity contribution < 1.29 is 13.2 Å². The van der Waals surface area contributed by atoms with Gasteiger partial charge in [0.25, 0.3) is 0 Å². The number of halogens is 3. The van der Waals surface area contributed by atoms with E-state index in [0.29, 0.717) is 17.5 Å². The van der Waals surface area contributed by atoms with Gasteiger partial charge in [0.15, 0.2) is 11.7 Å². The normalized spacial score (nSPS) is 15.1. The largest absolute Gasteiger partial charge is 0.434 e. The maximum atomic E-state index is 12.6. The Morgan fingerprint density at radius 2 is 2.08 bits per heavy atom. The molecular weight excluding hydrogens is 353 g/mol. The number of aromatic nitrogens is 3. The Morgan fingerprint density at radius 1 is 1.28 bits per heavy atom. The molecule has 0 aliphatic carbocycles. The number of fused-ring (bicyclic) bond motifs is 1. The van der Waals surface area contributed by atoms with E-state index in [4.69, 9.17) is 0 Å². The highest BCUT2D eigenvalue weighted by atomic mass is 32.1. The van der Waals surface area contributed by atoms with E-state index in [-0.39, 0.29) is 6.54 Å². The summed E-state index contributed by atoms with van der Waals surface area (Å²) in [6.45, 7) is 1.69. The molecular formula is C15H19F3N6S. The molecule has 1 aliphatic heterocycles. The highest BCUT2D eigenvalue weighted by Crippen LogP contribution is 2.29. The van der Waals surface area contributed by atoms with Gasteiger partial charge < -0.3 is 15.2 Å². The molecule has 0 radical (unpaired) electrons. The highest BCUT2D eigenvalue weighted by molar-refractivity contribution is 7.09. The Balaban J connectivity index is 1.51. The molecule has 3 heterocycles. The van der Waals surface area contributed by atoms with E-state index < -0.39 is 11.9 Å². The fourth-order valence-electron chi connectivity index (χ4n) is 2.63. The number of aryl methyl sites for hydroxylation is 2. The Bertz CT molecular complexity index is 725. The second-order valence-corrected chi connectivity index (χ2v) is 6.65. The smallest absolute Gasteiger partial charge is 0.351 e. The summed E-state index contributed by atoms with van der Waals surface area (Å²) < 4.78 is 39.8. The minimum Gasteiger partial charge on any atom is -0.351 e. The van der Waals surface area contributed by atoms with Gasteiger partial charge in [-0.25, -0.2) is 9.97 Å². The SMILES string of the molecule is CN=C(NCc1cn2c(n1)CCCC2)NCc1nc(C(F)(F)F)cs1. The fraction of sp³-hybridized carbons (Fsp3) is 0.533. The van der Waals surface area contributed by atoms with Crippen molar-refractivity contribution >= 4 is 17.3 Å². The zero-order valence-corrected chi connectivity index (χ0v) is 14.5. The molecule has 0 saturated carbocycles. The van der Waals surface area contributed by atoms with Crippen LogP contribution in [0.15, 0.2) is 16.6 Å². The summed E-state index contributed by atoms with van der Waals surface area (Å²) in [5.74, 6) is 1.60. The number of hydrogen-bond acceptors (Lipinski definition) is 4. The topological polar surface area (TPSA) is 67.1 Å². The summed E-state index contributed by atoms with van der Waals surface area (Å²) in [5, 5.41) is 7.46. The Morgan fingerprint density at radius 3 is 2.76 bits per heavy atom. The third-order valence-corrected chi connectivity index (χ3v) is 4.72. The molecule has 2 aromatic rings. The number of nitrogens with zero attached hydrogens (tertiary/aromatic N) is 4. The zero-order chi connectivity index (χ0) is 17.9. The van der Waals surface area contributed by atoms with E-state index >= 15 is 0 Å². The molecule has 0 atom stereocenters. The van der Waals surface area contributed by atoms with E-state index in [1.54, 1.807) is 7.05 Å². The predicted octanol–water partition coefficient (Wildman–Crippen LogP) is 2.56. The lowest BCUT2D eigenvalue weighted by atomic mass is 10.2. The van der Waals surface area contributed by atoms with Gasteiger partial charge in [0.2, 0.25) is 0 Å². The minimum absolute atomic E-state index is 0.181. The number of thiazole rings is 1. The molecule has 2 N–H and O–H groups in total. The summed E-state index contributed by atoms with van der Waals surface area (Å²) in [6, 6.07) is 0. The van der Waals surface area contributed by atoms with E-state index in [2.05, 4.69) is 30.2 Å². The zero-order valence-electron chi connectivity index (χ0n) is 13.7.